The molecule has 0 aliphatic heterocycles. The van der Waals surface area contributed by atoms with Gasteiger partial charge >= 0.3 is 0 Å². The van der Waals surface area contributed by atoms with E-state index in [-0.39, 0.29) is 35.8 Å². The van der Waals surface area contributed by atoms with E-state index >= 15 is 0 Å². The van der Waals surface area contributed by atoms with Crippen molar-refractivity contribution in [3.63, 3.8) is 0 Å². The summed E-state index contributed by atoms with van der Waals surface area (Å²) in [5.74, 6) is 1.73. The molecule has 4 rings (SSSR count). The second-order valence-corrected chi connectivity index (χ2v) is 13.1. The van der Waals surface area contributed by atoms with E-state index in [1.807, 2.05) is 55.5 Å². The number of carbonyl (C=O) groups excluding carboxylic acids is 2. The first-order chi connectivity index (χ1) is 21.3. The van der Waals surface area contributed by atoms with E-state index in [1.54, 1.807) is 33.0 Å². The normalized spacial score (nSPS) is 17.7. The van der Waals surface area contributed by atoms with Crippen molar-refractivity contribution in [2.24, 2.45) is 10.9 Å². The van der Waals surface area contributed by atoms with Crippen molar-refractivity contribution < 1.29 is 19.1 Å². The Morgan fingerprint density at radius 1 is 1.02 bits per heavy atom. The molecule has 1 aromatic heterocycles. The number of thioether (sulfide) groups is 1. The van der Waals surface area contributed by atoms with Gasteiger partial charge in [-0.2, -0.15) is 0 Å². The van der Waals surface area contributed by atoms with Gasteiger partial charge in [-0.15, -0.1) is 10.2 Å². The number of nitrogens with zero attached hydrogens (tertiary/aromatic N) is 3. The van der Waals surface area contributed by atoms with Crippen LogP contribution >= 0.6 is 23.1 Å². The van der Waals surface area contributed by atoms with Crippen molar-refractivity contribution in [3.05, 3.63) is 76.8 Å². The van der Waals surface area contributed by atoms with Crippen LogP contribution in [0.3, 0.4) is 0 Å². The molecule has 2 amide bonds. The third kappa shape index (κ3) is 9.65. The molecule has 3 aromatic rings. The Kier molecular flexibility index (Phi) is 12.4. The maximum Gasteiger partial charge on any atom is 0.230 e. The van der Waals surface area contributed by atoms with Gasteiger partial charge < -0.3 is 20.1 Å². The van der Waals surface area contributed by atoms with Crippen LogP contribution in [0.2, 0.25) is 0 Å². The molecule has 0 bridgehead atoms. The second-order valence-electron chi connectivity index (χ2n) is 11.0. The Morgan fingerprint density at radius 2 is 1.66 bits per heavy atom. The molecule has 234 valence electrons. The average Bonchev–Trinajstić information content (AvgIpc) is 3.33. The molecule has 2 N–H and O–H groups in total. The van der Waals surface area contributed by atoms with Gasteiger partial charge in [-0.25, -0.2) is 0 Å². The first-order valence-electron chi connectivity index (χ1n) is 14.8. The molecule has 11 heteroatoms. The molecule has 3 unspecified atom stereocenters. The third-order valence-electron chi connectivity index (χ3n) is 7.60. The maximum atomic E-state index is 12.9. The fraction of sp³-hybridized carbons (Fsp3) is 0.424. The van der Waals surface area contributed by atoms with Gasteiger partial charge in [0.2, 0.25) is 16.9 Å². The third-order valence-corrected chi connectivity index (χ3v) is 10.2. The standard InChI is InChI=1S/C33H41N5O4S2/c1-21(2)30(43-32(34-3)35-28(39)18-22-10-8-14-26(16-22)41-4)24-12-6-7-13-25(20-24)31-37-38-33(44-31)36-29(40)19-23-11-9-15-27(17-23)42-5/h8-11,14-17,24-25,30H,1,6-7,12-13,18-20H2,2-5H3,(H,34,35,39)(H,36,38,40). The summed E-state index contributed by atoms with van der Waals surface area (Å²) in [7, 11) is 4.92. The second kappa shape index (κ2) is 16.4. The minimum absolute atomic E-state index is 0.0846. The predicted molar refractivity (Wildman–Crippen MR) is 179 cm³/mol. The van der Waals surface area contributed by atoms with Crippen molar-refractivity contribution >= 4 is 45.2 Å². The highest BCUT2D eigenvalue weighted by molar-refractivity contribution is 8.14. The first kappa shape index (κ1) is 33.2. The Labute approximate surface area is 268 Å². The van der Waals surface area contributed by atoms with Crippen LogP contribution in [0.5, 0.6) is 11.5 Å². The fourth-order valence-corrected chi connectivity index (χ4v) is 7.53. The lowest BCUT2D eigenvalue weighted by Gasteiger charge is -2.28. The molecule has 1 heterocycles. The number of amidine groups is 1. The lowest BCUT2D eigenvalue weighted by atomic mass is 9.88. The van der Waals surface area contributed by atoms with Gasteiger partial charge in [0.1, 0.15) is 16.5 Å². The van der Waals surface area contributed by atoms with Crippen LogP contribution in [0.25, 0.3) is 0 Å². The molecule has 1 aliphatic rings. The molecule has 0 spiro atoms. The van der Waals surface area contributed by atoms with E-state index < -0.39 is 0 Å². The first-order valence-corrected chi connectivity index (χ1v) is 16.4. The van der Waals surface area contributed by atoms with Crippen molar-refractivity contribution in [2.75, 3.05) is 26.6 Å². The summed E-state index contributed by atoms with van der Waals surface area (Å²) in [4.78, 5) is 30.0. The Morgan fingerprint density at radius 3 is 2.27 bits per heavy atom. The number of amides is 2. The summed E-state index contributed by atoms with van der Waals surface area (Å²) in [6.07, 6.45) is 5.65. The molecule has 0 radical (unpaired) electrons. The van der Waals surface area contributed by atoms with E-state index in [0.717, 1.165) is 65.3 Å². The molecule has 44 heavy (non-hydrogen) atoms. The number of hydrogen-bond donors (Lipinski definition) is 2. The SMILES string of the molecule is C=C(C)C(SC(=NC)NC(=O)Cc1cccc(OC)c1)C1CCCCC(c2nnc(NC(=O)Cc3cccc(OC)c3)s2)C1. The van der Waals surface area contributed by atoms with Gasteiger partial charge in [0.15, 0.2) is 5.17 Å². The predicted octanol–water partition coefficient (Wildman–Crippen LogP) is 6.42. The fourth-order valence-electron chi connectivity index (χ4n) is 5.47. The van der Waals surface area contributed by atoms with Crippen molar-refractivity contribution in [3.8, 4) is 11.5 Å². The number of ether oxygens (including phenoxy) is 2. The van der Waals surface area contributed by atoms with Crippen molar-refractivity contribution in [1.82, 2.24) is 15.5 Å². The number of anilines is 1. The van der Waals surface area contributed by atoms with Gasteiger partial charge in [-0.1, -0.05) is 72.4 Å². The number of carbonyl (C=O) groups is 2. The minimum atomic E-state index is -0.140. The van der Waals surface area contributed by atoms with Crippen LogP contribution in [-0.2, 0) is 22.4 Å². The van der Waals surface area contributed by atoms with Gasteiger partial charge in [0.05, 0.1) is 27.1 Å². The summed E-state index contributed by atoms with van der Waals surface area (Å²) in [6.45, 7) is 6.36. The Bertz CT molecular complexity index is 1470. The van der Waals surface area contributed by atoms with E-state index in [1.165, 1.54) is 11.3 Å². The number of rotatable bonds is 11. The zero-order chi connectivity index (χ0) is 31.5. The van der Waals surface area contributed by atoms with Gasteiger partial charge in [-0.3, -0.25) is 14.6 Å². The summed E-state index contributed by atoms with van der Waals surface area (Å²) in [5.41, 5.74) is 2.79. The van der Waals surface area contributed by atoms with Gasteiger partial charge in [0.25, 0.3) is 0 Å². The van der Waals surface area contributed by atoms with Crippen LogP contribution < -0.4 is 20.1 Å². The molecule has 0 saturated heterocycles. The maximum absolute atomic E-state index is 12.9. The lowest BCUT2D eigenvalue weighted by molar-refractivity contribution is -0.119. The highest BCUT2D eigenvalue weighted by Crippen LogP contribution is 2.42. The lowest BCUT2D eigenvalue weighted by Crippen LogP contribution is -2.33. The molecule has 1 fully saturated rings. The molecular weight excluding hydrogens is 595 g/mol. The van der Waals surface area contributed by atoms with Crippen LogP contribution in [0, 0.1) is 5.92 Å². The number of aliphatic imine (C=N–C) groups is 1. The van der Waals surface area contributed by atoms with Gasteiger partial charge in [0, 0.05) is 18.2 Å². The summed E-state index contributed by atoms with van der Waals surface area (Å²) >= 11 is 3.02. The van der Waals surface area contributed by atoms with Crippen molar-refractivity contribution in [2.45, 2.75) is 63.0 Å². The number of nitrogens with one attached hydrogen (secondary N) is 2. The molecule has 9 nitrogen and oxygen atoms in total. The monoisotopic (exact) mass is 635 g/mol. The number of methoxy groups -OCH3 is 2. The zero-order valence-electron chi connectivity index (χ0n) is 25.8. The van der Waals surface area contributed by atoms with E-state index in [4.69, 9.17) is 9.47 Å². The van der Waals surface area contributed by atoms with E-state index in [0.29, 0.717) is 16.2 Å². The highest BCUT2D eigenvalue weighted by atomic mass is 32.2. The highest BCUT2D eigenvalue weighted by Gasteiger charge is 2.31. The summed E-state index contributed by atoms with van der Waals surface area (Å²) < 4.78 is 10.5. The number of hydrogen-bond acceptors (Lipinski definition) is 9. The molecule has 1 aliphatic carbocycles. The van der Waals surface area contributed by atoms with Gasteiger partial charge in [-0.05, 0) is 67.5 Å². The Balaban J connectivity index is 1.37. The zero-order valence-corrected chi connectivity index (χ0v) is 27.4. The molecule has 2 aromatic carbocycles. The van der Waals surface area contributed by atoms with Crippen LogP contribution in [0.1, 0.15) is 61.1 Å². The minimum Gasteiger partial charge on any atom is -0.497 e. The summed E-state index contributed by atoms with van der Waals surface area (Å²) in [5, 5.41) is 16.8. The molecule has 1 saturated carbocycles. The largest absolute Gasteiger partial charge is 0.497 e. The topological polar surface area (TPSA) is 115 Å². The van der Waals surface area contributed by atoms with Crippen LogP contribution in [-0.4, -0.2) is 53.7 Å². The average molecular weight is 636 g/mol. The number of benzene rings is 2. The van der Waals surface area contributed by atoms with Crippen LogP contribution in [0.15, 0.2) is 65.7 Å². The molecule has 3 atom stereocenters. The number of aromatic nitrogens is 2. The van der Waals surface area contributed by atoms with Crippen molar-refractivity contribution in [1.29, 1.82) is 0 Å². The van der Waals surface area contributed by atoms with E-state index in [2.05, 4.69) is 32.4 Å². The quantitative estimate of drug-likeness (QED) is 0.108. The summed E-state index contributed by atoms with van der Waals surface area (Å²) in [6, 6.07) is 15.0. The Hall–Kier alpha value is -3.70. The van der Waals surface area contributed by atoms with Crippen LogP contribution in [0.4, 0.5) is 5.13 Å². The molecular formula is C33H41N5O4S2. The van der Waals surface area contributed by atoms with E-state index in [9.17, 15) is 9.59 Å². The smallest absolute Gasteiger partial charge is 0.230 e.